The fourth-order valence-electron chi connectivity index (χ4n) is 1.66. The van der Waals surface area contributed by atoms with Crippen LogP contribution < -0.4 is 10.6 Å². The van der Waals surface area contributed by atoms with Crippen molar-refractivity contribution in [1.82, 2.24) is 4.31 Å². The number of hydrogen-bond donors (Lipinski definition) is 2. The first kappa shape index (κ1) is 12.8. The van der Waals surface area contributed by atoms with Gasteiger partial charge in [-0.05, 0) is 25.1 Å². The van der Waals surface area contributed by atoms with Crippen LogP contribution in [0.4, 0.5) is 11.4 Å². The number of carbonyl (C=O) groups excluding carboxylic acids is 1. The van der Waals surface area contributed by atoms with E-state index in [9.17, 15) is 13.2 Å². The summed E-state index contributed by atoms with van der Waals surface area (Å²) in [7, 11) is -0.555. The van der Waals surface area contributed by atoms with E-state index in [1.165, 1.54) is 26.2 Å². The largest absolute Gasteiger partial charge is 0.372 e. The lowest BCUT2D eigenvalue weighted by molar-refractivity contribution is -0.116. The monoisotopic (exact) mass is 269 g/mol. The maximum atomic E-state index is 12.0. The molecule has 0 aliphatic carbocycles. The molecule has 1 unspecified atom stereocenters. The van der Waals surface area contributed by atoms with Gasteiger partial charge in [-0.25, -0.2) is 12.7 Å². The summed E-state index contributed by atoms with van der Waals surface area (Å²) in [5.74, 6) is -0.179. The second-order valence-electron chi connectivity index (χ2n) is 4.35. The summed E-state index contributed by atoms with van der Waals surface area (Å²) in [5, 5.41) is 5.67. The minimum absolute atomic E-state index is 0.155. The summed E-state index contributed by atoms with van der Waals surface area (Å²) in [6.45, 7) is 1.74. The molecule has 2 rings (SSSR count). The molecular weight excluding hydrogens is 254 g/mol. The third kappa shape index (κ3) is 2.06. The summed E-state index contributed by atoms with van der Waals surface area (Å²) < 4.78 is 25.0. The van der Waals surface area contributed by atoms with E-state index in [-0.39, 0.29) is 16.8 Å². The molecule has 0 aromatic heterocycles. The number of benzene rings is 1. The maximum absolute atomic E-state index is 12.0. The summed E-state index contributed by atoms with van der Waals surface area (Å²) in [4.78, 5) is 11.7. The number of nitrogens with one attached hydrogen (secondary N) is 2. The third-order valence-electron chi connectivity index (χ3n) is 2.79. The van der Waals surface area contributed by atoms with Crippen LogP contribution in [0.5, 0.6) is 0 Å². The van der Waals surface area contributed by atoms with Crippen LogP contribution in [0.3, 0.4) is 0 Å². The Labute approximate surface area is 106 Å². The quantitative estimate of drug-likeness (QED) is 0.828. The lowest BCUT2D eigenvalue weighted by Gasteiger charge is -2.24. The van der Waals surface area contributed by atoms with Gasteiger partial charge in [0.2, 0.25) is 15.9 Å². The van der Waals surface area contributed by atoms with Crippen molar-refractivity contribution in [2.24, 2.45) is 0 Å². The standard InChI is InChI=1S/C11H15N3O3S/c1-7-11(15)13-10-6-8(4-5-9(10)12-7)18(16,17)14(2)3/h4-7,12H,1-3H3,(H,13,15). The van der Waals surface area contributed by atoms with E-state index in [1.807, 2.05) is 0 Å². The molecule has 2 N–H and O–H groups in total. The fourth-order valence-corrected chi connectivity index (χ4v) is 2.59. The van der Waals surface area contributed by atoms with E-state index in [4.69, 9.17) is 0 Å². The van der Waals surface area contributed by atoms with Crippen LogP contribution in [-0.2, 0) is 14.8 Å². The number of fused-ring (bicyclic) bond motifs is 1. The third-order valence-corrected chi connectivity index (χ3v) is 4.60. The van der Waals surface area contributed by atoms with Crippen molar-refractivity contribution >= 4 is 27.3 Å². The maximum Gasteiger partial charge on any atom is 0.246 e. The predicted molar refractivity (Wildman–Crippen MR) is 69.0 cm³/mol. The van der Waals surface area contributed by atoms with Crippen molar-refractivity contribution in [3.63, 3.8) is 0 Å². The number of hydrogen-bond acceptors (Lipinski definition) is 4. The van der Waals surface area contributed by atoms with Gasteiger partial charge in [0.05, 0.1) is 16.3 Å². The number of anilines is 2. The van der Waals surface area contributed by atoms with Crippen LogP contribution in [0, 0.1) is 0 Å². The minimum Gasteiger partial charge on any atom is -0.372 e. The highest BCUT2D eigenvalue weighted by Gasteiger charge is 2.24. The summed E-state index contributed by atoms with van der Waals surface area (Å²) in [6, 6.07) is 4.31. The van der Waals surface area contributed by atoms with Gasteiger partial charge < -0.3 is 10.6 Å². The number of rotatable bonds is 2. The molecule has 0 saturated carbocycles. The number of sulfonamides is 1. The Balaban J connectivity index is 2.46. The van der Waals surface area contributed by atoms with Gasteiger partial charge in [-0.1, -0.05) is 0 Å². The molecule has 1 aromatic rings. The molecule has 0 fully saturated rings. The number of nitrogens with zero attached hydrogens (tertiary/aromatic N) is 1. The van der Waals surface area contributed by atoms with Crippen molar-refractivity contribution in [3.8, 4) is 0 Å². The zero-order valence-corrected chi connectivity index (χ0v) is 11.2. The van der Waals surface area contributed by atoms with Gasteiger partial charge >= 0.3 is 0 Å². The SMILES string of the molecule is CC1Nc2ccc(S(=O)(=O)N(C)C)cc2NC1=O. The van der Waals surface area contributed by atoms with Crippen molar-refractivity contribution in [2.45, 2.75) is 17.9 Å². The van der Waals surface area contributed by atoms with E-state index < -0.39 is 10.0 Å². The van der Waals surface area contributed by atoms with Gasteiger partial charge in [-0.15, -0.1) is 0 Å². The van der Waals surface area contributed by atoms with Gasteiger partial charge in [0.15, 0.2) is 0 Å². The molecule has 98 valence electrons. The second-order valence-corrected chi connectivity index (χ2v) is 6.50. The molecular formula is C11H15N3O3S. The van der Waals surface area contributed by atoms with Crippen LogP contribution in [0.15, 0.2) is 23.1 Å². The molecule has 1 aliphatic rings. The molecule has 0 saturated heterocycles. The minimum atomic E-state index is -3.49. The van der Waals surface area contributed by atoms with E-state index in [0.717, 1.165) is 9.99 Å². The Morgan fingerprint density at radius 2 is 1.89 bits per heavy atom. The molecule has 0 radical (unpaired) electrons. The molecule has 1 aliphatic heterocycles. The first-order valence-corrected chi connectivity index (χ1v) is 6.90. The average Bonchev–Trinajstić information content (AvgIpc) is 2.29. The van der Waals surface area contributed by atoms with Crippen LogP contribution in [-0.4, -0.2) is 38.8 Å². The molecule has 1 aromatic carbocycles. The van der Waals surface area contributed by atoms with Crippen molar-refractivity contribution in [3.05, 3.63) is 18.2 Å². The number of carbonyl (C=O) groups is 1. The topological polar surface area (TPSA) is 78.5 Å². The molecule has 1 heterocycles. The van der Waals surface area contributed by atoms with Crippen LogP contribution in [0.2, 0.25) is 0 Å². The summed E-state index contributed by atoms with van der Waals surface area (Å²) in [6.07, 6.45) is 0. The molecule has 0 spiro atoms. The van der Waals surface area contributed by atoms with Gasteiger partial charge in [0.1, 0.15) is 6.04 Å². The van der Waals surface area contributed by atoms with E-state index in [2.05, 4.69) is 10.6 Å². The normalized spacial score (nSPS) is 19.1. The molecule has 18 heavy (non-hydrogen) atoms. The first-order chi connectivity index (χ1) is 8.32. The van der Waals surface area contributed by atoms with Gasteiger partial charge in [0, 0.05) is 14.1 Å². The van der Waals surface area contributed by atoms with E-state index >= 15 is 0 Å². The zero-order chi connectivity index (χ0) is 13.5. The van der Waals surface area contributed by atoms with Gasteiger partial charge in [-0.3, -0.25) is 4.79 Å². The fraction of sp³-hybridized carbons (Fsp3) is 0.364. The average molecular weight is 269 g/mol. The van der Waals surface area contributed by atoms with E-state index in [0.29, 0.717) is 5.69 Å². The van der Waals surface area contributed by atoms with Crippen molar-refractivity contribution < 1.29 is 13.2 Å². The summed E-state index contributed by atoms with van der Waals surface area (Å²) >= 11 is 0. The molecule has 1 amide bonds. The highest BCUT2D eigenvalue weighted by Crippen LogP contribution is 2.29. The summed E-state index contributed by atoms with van der Waals surface area (Å²) in [5.41, 5.74) is 1.21. The number of amides is 1. The first-order valence-electron chi connectivity index (χ1n) is 5.46. The van der Waals surface area contributed by atoms with Gasteiger partial charge in [0.25, 0.3) is 0 Å². The Morgan fingerprint density at radius 3 is 2.50 bits per heavy atom. The second kappa shape index (κ2) is 4.25. The molecule has 7 heteroatoms. The van der Waals surface area contributed by atoms with E-state index in [1.54, 1.807) is 13.0 Å². The Kier molecular flexibility index (Phi) is 3.04. The Hall–Kier alpha value is -1.60. The Bertz CT molecular complexity index is 596. The highest BCUT2D eigenvalue weighted by atomic mass is 32.2. The van der Waals surface area contributed by atoms with Crippen molar-refractivity contribution in [1.29, 1.82) is 0 Å². The molecule has 0 bridgehead atoms. The smallest absolute Gasteiger partial charge is 0.246 e. The van der Waals surface area contributed by atoms with Crippen LogP contribution >= 0.6 is 0 Å². The van der Waals surface area contributed by atoms with Crippen LogP contribution in [0.1, 0.15) is 6.92 Å². The lowest BCUT2D eigenvalue weighted by Crippen LogP contribution is -2.36. The zero-order valence-electron chi connectivity index (χ0n) is 10.4. The van der Waals surface area contributed by atoms with Crippen molar-refractivity contribution in [2.75, 3.05) is 24.7 Å². The Morgan fingerprint density at radius 1 is 1.22 bits per heavy atom. The lowest BCUT2D eigenvalue weighted by atomic mass is 10.1. The predicted octanol–water partition coefficient (Wildman–Crippen LogP) is 0.689. The highest BCUT2D eigenvalue weighted by molar-refractivity contribution is 7.89. The van der Waals surface area contributed by atoms with Gasteiger partial charge in [-0.2, -0.15) is 0 Å². The molecule has 6 nitrogen and oxygen atoms in total. The van der Waals surface area contributed by atoms with Crippen LogP contribution in [0.25, 0.3) is 0 Å². The molecule has 1 atom stereocenters.